The summed E-state index contributed by atoms with van der Waals surface area (Å²) in [5, 5.41) is 6.38. The zero-order valence-electron chi connectivity index (χ0n) is 10.1. The van der Waals surface area contributed by atoms with Crippen LogP contribution in [0.15, 0.2) is 4.99 Å². The summed E-state index contributed by atoms with van der Waals surface area (Å²) in [4.78, 5) is 9.34. The fourth-order valence-electron chi connectivity index (χ4n) is 1.17. The summed E-state index contributed by atoms with van der Waals surface area (Å²) in [6.45, 7) is 4.03. The summed E-state index contributed by atoms with van der Waals surface area (Å²) in [7, 11) is 1.54. The van der Waals surface area contributed by atoms with Crippen LogP contribution < -0.4 is 10.6 Å². The first kappa shape index (κ1) is 13.8. The summed E-state index contributed by atoms with van der Waals surface area (Å²) in [5.74, 6) is 0.357. The number of hydrogen-bond acceptors (Lipinski definition) is 3. The van der Waals surface area contributed by atoms with Gasteiger partial charge in [0.1, 0.15) is 5.01 Å². The van der Waals surface area contributed by atoms with Crippen LogP contribution in [0.4, 0.5) is 8.78 Å². The van der Waals surface area contributed by atoms with Crippen molar-refractivity contribution in [1.29, 1.82) is 0 Å². The third kappa shape index (κ3) is 4.64. The largest absolute Gasteiger partial charge is 0.351 e. The smallest absolute Gasteiger partial charge is 0.255 e. The molecule has 4 nitrogen and oxygen atoms in total. The van der Waals surface area contributed by atoms with Gasteiger partial charge in [0.2, 0.25) is 0 Å². The van der Waals surface area contributed by atoms with E-state index in [1.165, 1.54) is 0 Å². The van der Waals surface area contributed by atoms with Crippen LogP contribution in [0.1, 0.15) is 15.6 Å². The Morgan fingerprint density at radius 3 is 2.59 bits per heavy atom. The molecule has 0 bridgehead atoms. The van der Waals surface area contributed by atoms with Gasteiger partial charge in [0.05, 0.1) is 18.8 Å². The Bertz CT molecular complexity index is 370. The van der Waals surface area contributed by atoms with Gasteiger partial charge >= 0.3 is 0 Å². The predicted molar refractivity (Wildman–Crippen MR) is 65.8 cm³/mol. The quantitative estimate of drug-likeness (QED) is 0.641. The Hall–Kier alpha value is -1.24. The lowest BCUT2D eigenvalue weighted by Gasteiger charge is -2.09. The van der Waals surface area contributed by atoms with Crippen molar-refractivity contribution in [2.75, 3.05) is 13.6 Å². The van der Waals surface area contributed by atoms with E-state index in [9.17, 15) is 8.78 Å². The molecule has 17 heavy (non-hydrogen) atoms. The van der Waals surface area contributed by atoms with Crippen molar-refractivity contribution in [1.82, 2.24) is 15.6 Å². The highest BCUT2D eigenvalue weighted by Gasteiger charge is 2.06. The lowest BCUT2D eigenvalue weighted by Crippen LogP contribution is -2.39. The van der Waals surface area contributed by atoms with Gasteiger partial charge in [0, 0.05) is 11.9 Å². The Labute approximate surface area is 103 Å². The van der Waals surface area contributed by atoms with Gasteiger partial charge in [-0.25, -0.2) is 13.8 Å². The molecule has 1 heterocycles. The maximum absolute atomic E-state index is 12.0. The molecule has 0 amide bonds. The molecule has 0 aromatic carbocycles. The standard InChI is InChI=1S/C10H16F2N4S/c1-6-7(2)17-9(16-6)5-15-10(13-3)14-4-8(11)12/h8H,4-5H2,1-3H3,(H2,13,14,15). The average molecular weight is 262 g/mol. The van der Waals surface area contributed by atoms with E-state index in [0.717, 1.165) is 15.6 Å². The predicted octanol–water partition coefficient (Wildman–Crippen LogP) is 1.69. The first-order valence-corrected chi connectivity index (χ1v) is 6.00. The number of aromatic nitrogens is 1. The van der Waals surface area contributed by atoms with E-state index in [1.54, 1.807) is 18.4 Å². The normalized spacial score (nSPS) is 12.0. The van der Waals surface area contributed by atoms with Gasteiger partial charge in [-0.15, -0.1) is 11.3 Å². The van der Waals surface area contributed by atoms with E-state index in [1.807, 2.05) is 13.8 Å². The first-order chi connectivity index (χ1) is 8.02. The minimum absolute atomic E-state index is 0.357. The summed E-state index contributed by atoms with van der Waals surface area (Å²) in [6.07, 6.45) is -2.39. The van der Waals surface area contributed by atoms with Crippen molar-refractivity contribution in [2.24, 2.45) is 4.99 Å². The second-order valence-corrected chi connectivity index (χ2v) is 4.73. The van der Waals surface area contributed by atoms with Crippen molar-refractivity contribution >= 4 is 17.3 Å². The monoisotopic (exact) mass is 262 g/mol. The number of nitrogens with zero attached hydrogens (tertiary/aromatic N) is 2. The minimum atomic E-state index is -2.39. The van der Waals surface area contributed by atoms with Gasteiger partial charge in [0.15, 0.2) is 5.96 Å². The van der Waals surface area contributed by atoms with Crippen molar-refractivity contribution < 1.29 is 8.78 Å². The number of rotatable bonds is 4. The van der Waals surface area contributed by atoms with Crippen LogP contribution in [-0.4, -0.2) is 31.0 Å². The Morgan fingerprint density at radius 1 is 1.41 bits per heavy atom. The SMILES string of the molecule is CN=C(NCc1nc(C)c(C)s1)NCC(F)F. The third-order valence-corrected chi connectivity index (χ3v) is 3.20. The minimum Gasteiger partial charge on any atom is -0.351 e. The van der Waals surface area contributed by atoms with Gasteiger partial charge in [-0.2, -0.15) is 0 Å². The summed E-state index contributed by atoms with van der Waals surface area (Å²) in [6, 6.07) is 0. The zero-order chi connectivity index (χ0) is 12.8. The van der Waals surface area contributed by atoms with E-state index in [-0.39, 0.29) is 0 Å². The molecule has 0 aliphatic carbocycles. The van der Waals surface area contributed by atoms with Crippen LogP contribution in [-0.2, 0) is 6.54 Å². The third-order valence-electron chi connectivity index (χ3n) is 2.13. The molecule has 0 unspecified atom stereocenters. The van der Waals surface area contributed by atoms with E-state index in [4.69, 9.17) is 0 Å². The molecule has 0 fully saturated rings. The number of alkyl halides is 2. The topological polar surface area (TPSA) is 49.3 Å². The second-order valence-electron chi connectivity index (χ2n) is 3.45. The van der Waals surface area contributed by atoms with Crippen molar-refractivity contribution in [2.45, 2.75) is 26.8 Å². The highest BCUT2D eigenvalue weighted by molar-refractivity contribution is 7.11. The fourth-order valence-corrected chi connectivity index (χ4v) is 2.04. The number of guanidine groups is 1. The van der Waals surface area contributed by atoms with E-state index < -0.39 is 13.0 Å². The van der Waals surface area contributed by atoms with Gasteiger partial charge in [0.25, 0.3) is 6.43 Å². The zero-order valence-corrected chi connectivity index (χ0v) is 10.9. The molecule has 0 spiro atoms. The Kier molecular flexibility index (Phi) is 5.27. The van der Waals surface area contributed by atoms with Crippen LogP contribution in [0.2, 0.25) is 0 Å². The van der Waals surface area contributed by atoms with Crippen LogP contribution >= 0.6 is 11.3 Å². The Balaban J connectivity index is 2.43. The molecular weight excluding hydrogens is 246 g/mol. The number of aliphatic imine (C=N–C) groups is 1. The van der Waals surface area contributed by atoms with Crippen LogP contribution in [0.3, 0.4) is 0 Å². The number of halogens is 2. The molecule has 96 valence electrons. The molecule has 0 aliphatic rings. The molecule has 0 radical (unpaired) electrons. The van der Waals surface area contributed by atoms with Crippen LogP contribution in [0.5, 0.6) is 0 Å². The first-order valence-electron chi connectivity index (χ1n) is 5.18. The Morgan fingerprint density at radius 2 is 2.12 bits per heavy atom. The highest BCUT2D eigenvalue weighted by atomic mass is 32.1. The molecule has 0 atom stereocenters. The molecule has 7 heteroatoms. The maximum atomic E-state index is 12.0. The molecule has 0 saturated heterocycles. The summed E-state index contributed by atoms with van der Waals surface area (Å²) >= 11 is 1.59. The molecule has 1 rings (SSSR count). The van der Waals surface area contributed by atoms with Crippen molar-refractivity contribution in [3.05, 3.63) is 15.6 Å². The lowest BCUT2D eigenvalue weighted by molar-refractivity contribution is 0.152. The molecule has 0 saturated carbocycles. The number of hydrogen-bond donors (Lipinski definition) is 2. The molecule has 1 aromatic rings. The van der Waals surface area contributed by atoms with Crippen molar-refractivity contribution in [3.8, 4) is 0 Å². The van der Waals surface area contributed by atoms with Crippen LogP contribution in [0.25, 0.3) is 0 Å². The number of nitrogens with one attached hydrogen (secondary N) is 2. The fraction of sp³-hybridized carbons (Fsp3) is 0.600. The van der Waals surface area contributed by atoms with Gasteiger partial charge in [-0.1, -0.05) is 0 Å². The lowest BCUT2D eigenvalue weighted by atomic mass is 10.4. The van der Waals surface area contributed by atoms with Crippen LogP contribution in [0, 0.1) is 13.8 Å². The molecule has 1 aromatic heterocycles. The van der Waals surface area contributed by atoms with E-state index in [0.29, 0.717) is 12.5 Å². The average Bonchev–Trinajstić information content (AvgIpc) is 2.58. The molecule has 0 aliphatic heterocycles. The van der Waals surface area contributed by atoms with Gasteiger partial charge in [-0.05, 0) is 13.8 Å². The van der Waals surface area contributed by atoms with Gasteiger partial charge in [-0.3, -0.25) is 4.99 Å². The maximum Gasteiger partial charge on any atom is 0.255 e. The second kappa shape index (κ2) is 6.48. The van der Waals surface area contributed by atoms with E-state index >= 15 is 0 Å². The number of aryl methyl sites for hydroxylation is 2. The highest BCUT2D eigenvalue weighted by Crippen LogP contribution is 2.15. The summed E-state index contributed by atoms with van der Waals surface area (Å²) < 4.78 is 24.0. The summed E-state index contributed by atoms with van der Waals surface area (Å²) in [5.41, 5.74) is 1.00. The molecular formula is C10H16F2N4S. The molecule has 2 N–H and O–H groups in total. The van der Waals surface area contributed by atoms with Gasteiger partial charge < -0.3 is 10.6 Å². The number of thiazole rings is 1. The van der Waals surface area contributed by atoms with Crippen molar-refractivity contribution in [3.63, 3.8) is 0 Å². The van der Waals surface area contributed by atoms with E-state index in [2.05, 4.69) is 20.6 Å².